The van der Waals surface area contributed by atoms with Gasteiger partial charge >= 0.3 is 0 Å². The van der Waals surface area contributed by atoms with Gasteiger partial charge in [0.2, 0.25) is 0 Å². The van der Waals surface area contributed by atoms with Crippen LogP contribution in [0.4, 0.5) is 11.4 Å². The van der Waals surface area contributed by atoms with Crippen molar-refractivity contribution >= 4 is 11.4 Å². The summed E-state index contributed by atoms with van der Waals surface area (Å²) in [5.74, 6) is 0. The minimum Gasteiger partial charge on any atom is -0.368 e. The van der Waals surface area contributed by atoms with Crippen LogP contribution in [0.25, 0.3) is 0 Å². The molecule has 2 rings (SSSR count). The van der Waals surface area contributed by atoms with Gasteiger partial charge in [-0.3, -0.25) is 10.1 Å². The largest absolute Gasteiger partial charge is 0.368 e. The molecule has 6 nitrogen and oxygen atoms in total. The van der Waals surface area contributed by atoms with E-state index in [4.69, 9.17) is 5.26 Å². The summed E-state index contributed by atoms with van der Waals surface area (Å²) in [5, 5.41) is 23.3. The third kappa shape index (κ3) is 2.83. The van der Waals surface area contributed by atoms with Gasteiger partial charge in [0.25, 0.3) is 5.69 Å². The molecule has 0 aromatic heterocycles. The third-order valence-corrected chi connectivity index (χ3v) is 3.22. The number of benzene rings is 1. The summed E-state index contributed by atoms with van der Waals surface area (Å²) in [6.45, 7) is 5.77. The smallest absolute Gasteiger partial charge is 0.289 e. The van der Waals surface area contributed by atoms with E-state index < -0.39 is 4.92 Å². The van der Waals surface area contributed by atoms with Crippen molar-refractivity contribution in [3.05, 3.63) is 33.9 Å². The van der Waals surface area contributed by atoms with Crippen LogP contribution >= 0.6 is 0 Å². The maximum absolute atomic E-state index is 11.0. The highest BCUT2D eigenvalue weighted by Gasteiger charge is 2.23. The molecule has 0 amide bonds. The first-order valence-corrected chi connectivity index (χ1v) is 6.21. The normalized spacial score (nSPS) is 22.9. The molecule has 1 aliphatic rings. The van der Waals surface area contributed by atoms with Crippen molar-refractivity contribution in [1.29, 1.82) is 5.26 Å². The molecule has 2 unspecified atom stereocenters. The minimum absolute atomic E-state index is 0.102. The van der Waals surface area contributed by atoms with E-state index in [2.05, 4.69) is 24.1 Å². The van der Waals surface area contributed by atoms with Crippen LogP contribution in [-0.4, -0.2) is 30.1 Å². The number of anilines is 1. The van der Waals surface area contributed by atoms with Gasteiger partial charge in [-0.2, -0.15) is 5.26 Å². The van der Waals surface area contributed by atoms with E-state index in [1.54, 1.807) is 6.07 Å². The number of nitro groups is 1. The molecule has 1 aliphatic heterocycles. The highest BCUT2D eigenvalue weighted by Crippen LogP contribution is 2.26. The van der Waals surface area contributed by atoms with Gasteiger partial charge in [-0.05, 0) is 26.0 Å². The lowest BCUT2D eigenvalue weighted by atomic mass is 10.1. The number of nitrogens with zero attached hydrogens (tertiary/aromatic N) is 3. The fourth-order valence-corrected chi connectivity index (χ4v) is 2.50. The van der Waals surface area contributed by atoms with E-state index in [-0.39, 0.29) is 11.3 Å². The monoisotopic (exact) mass is 260 g/mol. The second-order valence-electron chi connectivity index (χ2n) is 4.94. The Kier molecular flexibility index (Phi) is 3.67. The minimum atomic E-state index is -0.503. The predicted octanol–water partition coefficient (Wildman–Crippen LogP) is 1.65. The molecule has 1 N–H and O–H groups in total. The van der Waals surface area contributed by atoms with Gasteiger partial charge < -0.3 is 10.2 Å². The summed E-state index contributed by atoms with van der Waals surface area (Å²) >= 11 is 0. The molecule has 0 bridgehead atoms. The summed E-state index contributed by atoms with van der Waals surface area (Å²) in [5.41, 5.74) is 0.773. The van der Waals surface area contributed by atoms with Crippen molar-refractivity contribution in [3.63, 3.8) is 0 Å². The number of nitrogens with one attached hydrogen (secondary N) is 1. The Balaban J connectivity index is 2.33. The van der Waals surface area contributed by atoms with E-state index >= 15 is 0 Å². The molecule has 0 aliphatic carbocycles. The lowest BCUT2D eigenvalue weighted by Gasteiger charge is -2.37. The van der Waals surface area contributed by atoms with E-state index in [0.29, 0.717) is 12.1 Å². The highest BCUT2D eigenvalue weighted by molar-refractivity contribution is 5.60. The van der Waals surface area contributed by atoms with Crippen LogP contribution < -0.4 is 10.2 Å². The van der Waals surface area contributed by atoms with Crippen LogP contribution in [0.5, 0.6) is 0 Å². The standard InChI is InChI=1S/C13H16N4O2/c1-9-7-16(8-10(2)15-9)12-4-3-11(6-14)13(5-12)17(18)19/h3-5,9-10,15H,7-8H2,1-2H3. The Bertz CT molecular complexity index is 528. The molecule has 1 aromatic carbocycles. The zero-order chi connectivity index (χ0) is 14.0. The zero-order valence-electron chi connectivity index (χ0n) is 11.0. The molecular weight excluding hydrogens is 244 g/mol. The van der Waals surface area contributed by atoms with Gasteiger partial charge in [-0.15, -0.1) is 0 Å². The van der Waals surface area contributed by atoms with Crippen molar-refractivity contribution in [2.75, 3.05) is 18.0 Å². The van der Waals surface area contributed by atoms with E-state index in [0.717, 1.165) is 18.8 Å². The van der Waals surface area contributed by atoms with Gasteiger partial charge in [-0.25, -0.2) is 0 Å². The summed E-state index contributed by atoms with van der Waals surface area (Å²) in [6, 6.07) is 7.30. The molecular formula is C13H16N4O2. The SMILES string of the molecule is CC1CN(c2ccc(C#N)c([N+](=O)[O-])c2)CC(C)N1. The van der Waals surface area contributed by atoms with Gasteiger partial charge in [0.15, 0.2) is 0 Å². The quantitative estimate of drug-likeness (QED) is 0.646. The maximum Gasteiger partial charge on any atom is 0.289 e. The zero-order valence-corrected chi connectivity index (χ0v) is 11.0. The van der Waals surface area contributed by atoms with Gasteiger partial charge in [-0.1, -0.05) is 0 Å². The van der Waals surface area contributed by atoms with Crippen molar-refractivity contribution in [2.24, 2.45) is 0 Å². The third-order valence-electron chi connectivity index (χ3n) is 3.22. The molecule has 100 valence electrons. The number of rotatable bonds is 2. The lowest BCUT2D eigenvalue weighted by Crippen LogP contribution is -2.54. The molecule has 19 heavy (non-hydrogen) atoms. The second-order valence-corrected chi connectivity index (χ2v) is 4.94. The van der Waals surface area contributed by atoms with Crippen LogP contribution in [0.3, 0.4) is 0 Å². The molecule has 0 radical (unpaired) electrons. The summed E-state index contributed by atoms with van der Waals surface area (Å²) in [6.07, 6.45) is 0. The van der Waals surface area contributed by atoms with Crippen LogP contribution in [0, 0.1) is 21.4 Å². The molecule has 1 fully saturated rings. The number of hydrogen-bond acceptors (Lipinski definition) is 5. The molecule has 0 saturated carbocycles. The van der Waals surface area contributed by atoms with Crippen LogP contribution in [0.1, 0.15) is 19.4 Å². The van der Waals surface area contributed by atoms with Crippen LogP contribution in [0.2, 0.25) is 0 Å². The molecule has 0 spiro atoms. The lowest BCUT2D eigenvalue weighted by molar-refractivity contribution is -0.385. The molecule has 6 heteroatoms. The predicted molar refractivity (Wildman–Crippen MR) is 72.1 cm³/mol. The van der Waals surface area contributed by atoms with Crippen molar-refractivity contribution in [3.8, 4) is 6.07 Å². The number of piperazine rings is 1. The first-order valence-electron chi connectivity index (χ1n) is 6.21. The first kappa shape index (κ1) is 13.3. The Hall–Kier alpha value is -2.13. The Labute approximate surface area is 111 Å². The van der Waals surface area contributed by atoms with Gasteiger partial charge in [0.1, 0.15) is 11.6 Å². The van der Waals surface area contributed by atoms with Crippen molar-refractivity contribution in [1.82, 2.24) is 5.32 Å². The fourth-order valence-electron chi connectivity index (χ4n) is 2.50. The second kappa shape index (κ2) is 5.24. The average Bonchev–Trinajstić information content (AvgIpc) is 2.36. The summed E-state index contributed by atoms with van der Waals surface area (Å²) in [4.78, 5) is 12.6. The Morgan fingerprint density at radius 2 is 2.05 bits per heavy atom. The first-order chi connectivity index (χ1) is 9.01. The van der Waals surface area contributed by atoms with Crippen LogP contribution in [0.15, 0.2) is 18.2 Å². The number of nitriles is 1. The average molecular weight is 260 g/mol. The van der Waals surface area contributed by atoms with Gasteiger partial charge in [0, 0.05) is 36.9 Å². The molecule has 1 aromatic rings. The van der Waals surface area contributed by atoms with Gasteiger partial charge in [0.05, 0.1) is 4.92 Å². The molecule has 2 atom stereocenters. The Morgan fingerprint density at radius 1 is 1.42 bits per heavy atom. The van der Waals surface area contributed by atoms with E-state index in [1.165, 1.54) is 12.1 Å². The van der Waals surface area contributed by atoms with Crippen molar-refractivity contribution in [2.45, 2.75) is 25.9 Å². The molecule has 1 heterocycles. The molecule has 1 saturated heterocycles. The van der Waals surface area contributed by atoms with Crippen molar-refractivity contribution < 1.29 is 4.92 Å². The highest BCUT2D eigenvalue weighted by atomic mass is 16.6. The Morgan fingerprint density at radius 3 is 2.58 bits per heavy atom. The fraction of sp³-hybridized carbons (Fsp3) is 0.462. The summed E-state index contributed by atoms with van der Waals surface area (Å²) in [7, 11) is 0. The number of nitro benzene ring substituents is 1. The maximum atomic E-state index is 11.0. The van der Waals surface area contributed by atoms with E-state index in [1.807, 2.05) is 6.07 Å². The topological polar surface area (TPSA) is 82.2 Å². The summed E-state index contributed by atoms with van der Waals surface area (Å²) < 4.78 is 0. The number of hydrogen-bond donors (Lipinski definition) is 1. The van der Waals surface area contributed by atoms with Crippen LogP contribution in [-0.2, 0) is 0 Å². The van der Waals surface area contributed by atoms with E-state index in [9.17, 15) is 10.1 Å².